The summed E-state index contributed by atoms with van der Waals surface area (Å²) < 4.78 is 9.66. The third-order valence-corrected chi connectivity index (χ3v) is 5.13. The molecule has 1 amide bonds. The van der Waals surface area contributed by atoms with Crippen LogP contribution in [-0.4, -0.2) is 64.3 Å². The standard InChI is InChI=1S/C15H21NO5.C6H14.C5H10O3.C2H6/c1-10(18)21-9-11-4-5-13(19)12(8-11)16-14(20)15(2,3)6-7-17;1-4-5-6(2)3;6-4-1-5(7)3-8-2-4;1-2/h4-5,8,17,19H,6-7,9H2,1-3H3,(H,16,20);6H,4-5H2,1-3H3;4-7H,1-3H2;1-2H3. The van der Waals surface area contributed by atoms with Crippen LogP contribution < -0.4 is 5.32 Å². The molecule has 216 valence electrons. The van der Waals surface area contributed by atoms with E-state index in [-0.39, 0.29) is 30.6 Å². The van der Waals surface area contributed by atoms with Crippen LogP contribution in [-0.2, 0) is 25.7 Å². The summed E-state index contributed by atoms with van der Waals surface area (Å²) in [5.74, 6) is 0.110. The fourth-order valence-electron chi connectivity index (χ4n) is 3.01. The Morgan fingerprint density at radius 1 is 1.16 bits per heavy atom. The highest BCUT2D eigenvalue weighted by atomic mass is 16.5. The first-order valence-corrected chi connectivity index (χ1v) is 13.1. The monoisotopic (exact) mass is 529 g/mol. The number of benzene rings is 1. The fourth-order valence-corrected chi connectivity index (χ4v) is 3.01. The van der Waals surface area contributed by atoms with Crippen molar-refractivity contribution in [2.45, 2.75) is 99.9 Å². The summed E-state index contributed by atoms with van der Waals surface area (Å²) in [6.45, 7) is 16.2. The number of esters is 1. The predicted molar refractivity (Wildman–Crippen MR) is 146 cm³/mol. The van der Waals surface area contributed by atoms with Crippen LogP contribution in [0.3, 0.4) is 0 Å². The topological polar surface area (TPSA) is 146 Å². The van der Waals surface area contributed by atoms with Crippen LogP contribution in [0.1, 0.15) is 86.6 Å². The number of aliphatic hydroxyl groups is 3. The van der Waals surface area contributed by atoms with Crippen molar-refractivity contribution < 1.29 is 39.5 Å². The van der Waals surface area contributed by atoms with Gasteiger partial charge in [-0.2, -0.15) is 0 Å². The maximum atomic E-state index is 12.1. The highest BCUT2D eigenvalue weighted by molar-refractivity contribution is 5.96. The van der Waals surface area contributed by atoms with Gasteiger partial charge in [0.1, 0.15) is 12.4 Å². The summed E-state index contributed by atoms with van der Waals surface area (Å²) in [7, 11) is 0. The van der Waals surface area contributed by atoms with Crippen LogP contribution in [0.25, 0.3) is 0 Å². The molecule has 9 heteroatoms. The molecule has 0 aliphatic carbocycles. The largest absolute Gasteiger partial charge is 0.506 e. The number of carbonyl (C=O) groups excluding carboxylic acids is 2. The van der Waals surface area contributed by atoms with Gasteiger partial charge in [0.05, 0.1) is 31.1 Å². The van der Waals surface area contributed by atoms with Crippen molar-refractivity contribution in [2.75, 3.05) is 25.1 Å². The number of aromatic hydroxyl groups is 1. The first-order chi connectivity index (χ1) is 17.3. The normalized spacial score (nSPS) is 16.6. The van der Waals surface area contributed by atoms with Gasteiger partial charge in [-0.25, -0.2) is 0 Å². The summed E-state index contributed by atoms with van der Waals surface area (Å²) in [5, 5.41) is 39.0. The molecular formula is C28H51NO8. The van der Waals surface area contributed by atoms with Gasteiger partial charge in [-0.3, -0.25) is 9.59 Å². The van der Waals surface area contributed by atoms with Gasteiger partial charge in [0.15, 0.2) is 0 Å². The highest BCUT2D eigenvalue weighted by Crippen LogP contribution is 2.28. The van der Waals surface area contributed by atoms with Crippen LogP contribution in [0.15, 0.2) is 18.2 Å². The Hall–Kier alpha value is -2.20. The molecule has 1 aromatic rings. The number of aliphatic hydroxyl groups excluding tert-OH is 3. The van der Waals surface area contributed by atoms with E-state index in [0.29, 0.717) is 31.6 Å². The SMILES string of the molecule is CC.CC(=O)OCc1ccc(O)c(NC(=O)C(C)(C)CCO)c1.CCCC(C)C.OC1COCC(O)C1. The number of phenolic OH excluding ortho intramolecular Hbond substituents is 1. The number of ether oxygens (including phenoxy) is 2. The van der Waals surface area contributed by atoms with Gasteiger partial charge in [-0.15, -0.1) is 0 Å². The van der Waals surface area contributed by atoms with Gasteiger partial charge in [0.2, 0.25) is 5.91 Å². The summed E-state index contributed by atoms with van der Waals surface area (Å²) in [5.41, 5.74) is 0.140. The minimum Gasteiger partial charge on any atom is -0.506 e. The van der Waals surface area contributed by atoms with Crippen LogP contribution in [0.5, 0.6) is 5.75 Å². The molecule has 1 aliphatic rings. The third-order valence-electron chi connectivity index (χ3n) is 5.13. The number of phenols is 1. The average molecular weight is 530 g/mol. The maximum Gasteiger partial charge on any atom is 0.302 e. The molecule has 0 spiro atoms. The molecule has 2 atom stereocenters. The maximum absolute atomic E-state index is 12.1. The molecule has 37 heavy (non-hydrogen) atoms. The van der Waals surface area contributed by atoms with E-state index in [0.717, 1.165) is 5.92 Å². The van der Waals surface area contributed by atoms with E-state index in [1.807, 2.05) is 13.8 Å². The number of hydrogen-bond donors (Lipinski definition) is 5. The highest BCUT2D eigenvalue weighted by Gasteiger charge is 2.27. The number of hydrogen-bond acceptors (Lipinski definition) is 8. The van der Waals surface area contributed by atoms with Gasteiger partial charge in [0, 0.05) is 25.4 Å². The zero-order valence-electron chi connectivity index (χ0n) is 24.0. The van der Waals surface area contributed by atoms with Crippen molar-refractivity contribution in [1.29, 1.82) is 0 Å². The zero-order chi connectivity index (χ0) is 29.0. The molecule has 0 aromatic heterocycles. The van der Waals surface area contributed by atoms with Crippen molar-refractivity contribution in [3.05, 3.63) is 23.8 Å². The van der Waals surface area contributed by atoms with E-state index in [1.165, 1.54) is 25.8 Å². The molecule has 1 aliphatic heterocycles. The Balaban J connectivity index is 0. The molecule has 2 rings (SSSR count). The second-order valence-electron chi connectivity index (χ2n) is 9.71. The molecule has 1 saturated heterocycles. The molecule has 9 nitrogen and oxygen atoms in total. The Morgan fingerprint density at radius 2 is 1.73 bits per heavy atom. The average Bonchev–Trinajstić information content (AvgIpc) is 2.81. The molecule has 0 bridgehead atoms. The number of amides is 1. The lowest BCUT2D eigenvalue weighted by Crippen LogP contribution is -2.32. The summed E-state index contributed by atoms with van der Waals surface area (Å²) >= 11 is 0. The van der Waals surface area contributed by atoms with Crippen LogP contribution >= 0.6 is 0 Å². The Labute approximate surface area is 223 Å². The lowest BCUT2D eigenvalue weighted by Gasteiger charge is -2.22. The minimum atomic E-state index is -0.757. The number of carbonyl (C=O) groups is 2. The molecule has 5 N–H and O–H groups in total. The second kappa shape index (κ2) is 20.8. The molecule has 1 fully saturated rings. The number of rotatable bonds is 8. The Morgan fingerprint density at radius 3 is 2.11 bits per heavy atom. The van der Waals surface area contributed by atoms with E-state index in [9.17, 15) is 14.7 Å². The Bertz CT molecular complexity index is 744. The summed E-state index contributed by atoms with van der Waals surface area (Å²) in [6, 6.07) is 4.57. The third kappa shape index (κ3) is 18.7. The number of nitrogens with one attached hydrogen (secondary N) is 1. The predicted octanol–water partition coefficient (Wildman–Crippen LogP) is 4.40. The second-order valence-corrected chi connectivity index (χ2v) is 9.71. The fraction of sp³-hybridized carbons (Fsp3) is 0.714. The van der Waals surface area contributed by atoms with Crippen molar-refractivity contribution in [3.8, 4) is 5.75 Å². The molecular weight excluding hydrogens is 478 g/mol. The zero-order valence-corrected chi connectivity index (χ0v) is 24.0. The van der Waals surface area contributed by atoms with Crippen molar-refractivity contribution in [3.63, 3.8) is 0 Å². The molecule has 2 unspecified atom stereocenters. The van der Waals surface area contributed by atoms with E-state index < -0.39 is 23.6 Å². The van der Waals surface area contributed by atoms with Crippen LogP contribution in [0.4, 0.5) is 5.69 Å². The number of anilines is 1. The smallest absolute Gasteiger partial charge is 0.302 e. The van der Waals surface area contributed by atoms with Gasteiger partial charge in [-0.05, 0) is 30.0 Å². The summed E-state index contributed by atoms with van der Waals surface area (Å²) in [4.78, 5) is 22.9. The van der Waals surface area contributed by atoms with E-state index in [1.54, 1.807) is 26.0 Å². The van der Waals surface area contributed by atoms with Gasteiger partial charge >= 0.3 is 5.97 Å². The summed E-state index contributed by atoms with van der Waals surface area (Å²) in [6.07, 6.45) is 2.56. The molecule has 0 radical (unpaired) electrons. The lowest BCUT2D eigenvalue weighted by atomic mass is 9.88. The first-order valence-electron chi connectivity index (χ1n) is 13.1. The molecule has 0 saturated carbocycles. The van der Waals surface area contributed by atoms with Gasteiger partial charge in [0.25, 0.3) is 0 Å². The van der Waals surface area contributed by atoms with E-state index >= 15 is 0 Å². The molecule has 1 heterocycles. The Kier molecular flexibility index (Phi) is 20.8. The van der Waals surface area contributed by atoms with Crippen LogP contribution in [0, 0.1) is 11.3 Å². The lowest BCUT2D eigenvalue weighted by molar-refractivity contribution is -0.142. The van der Waals surface area contributed by atoms with E-state index in [4.69, 9.17) is 24.8 Å². The molecule has 1 aromatic carbocycles. The van der Waals surface area contributed by atoms with Crippen molar-refractivity contribution in [1.82, 2.24) is 0 Å². The van der Waals surface area contributed by atoms with Crippen LogP contribution in [0.2, 0.25) is 0 Å². The van der Waals surface area contributed by atoms with E-state index in [2.05, 4.69) is 26.1 Å². The quantitative estimate of drug-likeness (QED) is 0.246. The first kappa shape index (κ1) is 37.0. The minimum absolute atomic E-state index is 0.0680. The van der Waals surface area contributed by atoms with Gasteiger partial charge < -0.3 is 35.2 Å². The van der Waals surface area contributed by atoms with Crippen molar-refractivity contribution in [2.24, 2.45) is 11.3 Å². The van der Waals surface area contributed by atoms with Crippen molar-refractivity contribution >= 4 is 17.6 Å². The van der Waals surface area contributed by atoms with Gasteiger partial charge in [-0.1, -0.05) is 67.4 Å².